The number of hydrogen-bond acceptors (Lipinski definition) is 6. The number of esters is 1. The maximum absolute atomic E-state index is 13.3. The van der Waals surface area contributed by atoms with Gasteiger partial charge in [-0.15, -0.1) is 0 Å². The summed E-state index contributed by atoms with van der Waals surface area (Å²) in [6.07, 6.45) is 3.30. The monoisotopic (exact) mass is 493 g/mol. The van der Waals surface area contributed by atoms with E-state index in [1.807, 2.05) is 24.1 Å². The molecule has 194 valence electrons. The van der Waals surface area contributed by atoms with Crippen LogP contribution in [-0.4, -0.2) is 55.6 Å². The van der Waals surface area contributed by atoms with E-state index in [-0.39, 0.29) is 23.9 Å². The highest BCUT2D eigenvalue weighted by Gasteiger charge is 2.30. The summed E-state index contributed by atoms with van der Waals surface area (Å²) in [6, 6.07) is 14.1. The fourth-order valence-electron chi connectivity index (χ4n) is 5.26. The van der Waals surface area contributed by atoms with E-state index >= 15 is 0 Å². The summed E-state index contributed by atoms with van der Waals surface area (Å²) in [6.45, 7) is 9.85. The van der Waals surface area contributed by atoms with Gasteiger partial charge in [-0.05, 0) is 74.9 Å². The van der Waals surface area contributed by atoms with Crippen molar-refractivity contribution in [1.29, 1.82) is 0 Å². The van der Waals surface area contributed by atoms with Crippen molar-refractivity contribution in [3.63, 3.8) is 0 Å². The van der Waals surface area contributed by atoms with E-state index < -0.39 is 0 Å². The van der Waals surface area contributed by atoms with Crippen LogP contribution >= 0.6 is 0 Å². The highest BCUT2D eigenvalue weighted by Crippen LogP contribution is 2.31. The van der Waals surface area contributed by atoms with Crippen LogP contribution in [0.5, 0.6) is 11.5 Å². The number of ether oxygens (including phenoxy) is 2. The molecule has 0 aromatic heterocycles. The molecule has 1 aliphatic heterocycles. The van der Waals surface area contributed by atoms with Crippen molar-refractivity contribution in [2.24, 2.45) is 5.92 Å². The first-order valence-electron chi connectivity index (χ1n) is 13.1. The highest BCUT2D eigenvalue weighted by atomic mass is 16.5. The summed E-state index contributed by atoms with van der Waals surface area (Å²) in [5, 5.41) is 3.49. The van der Waals surface area contributed by atoms with Crippen LogP contribution in [0.4, 0.5) is 5.69 Å². The quantitative estimate of drug-likeness (QED) is 0.458. The molecule has 4 rings (SSSR count). The number of piperazine rings is 1. The Bertz CT molecular complexity index is 1060. The molecule has 1 atom stereocenters. The van der Waals surface area contributed by atoms with Crippen LogP contribution in [0.15, 0.2) is 42.5 Å². The van der Waals surface area contributed by atoms with Crippen LogP contribution in [0.1, 0.15) is 50.7 Å². The average molecular weight is 494 g/mol. The number of amides is 1. The SMILES string of the molecule is CC(=O)Oc1cccc(OC2CCC(C(=O)N(C)c3ccc(CN4CCN[C@@H](C)C4)c(C)c3)CC2)c1. The molecule has 7 heteroatoms. The number of rotatable bonds is 7. The van der Waals surface area contributed by atoms with Crippen molar-refractivity contribution in [3.8, 4) is 11.5 Å². The number of nitrogens with one attached hydrogen (secondary N) is 1. The van der Waals surface area contributed by atoms with E-state index in [4.69, 9.17) is 9.47 Å². The van der Waals surface area contributed by atoms with Crippen molar-refractivity contribution in [2.45, 2.75) is 65.1 Å². The minimum Gasteiger partial charge on any atom is -0.490 e. The molecule has 1 heterocycles. The van der Waals surface area contributed by atoms with E-state index in [0.717, 1.165) is 57.5 Å². The molecule has 7 nitrogen and oxygen atoms in total. The highest BCUT2D eigenvalue weighted by molar-refractivity contribution is 5.94. The van der Waals surface area contributed by atoms with Crippen molar-refractivity contribution in [1.82, 2.24) is 10.2 Å². The average Bonchev–Trinajstić information content (AvgIpc) is 2.85. The lowest BCUT2D eigenvalue weighted by Crippen LogP contribution is -2.48. The van der Waals surface area contributed by atoms with E-state index in [1.54, 1.807) is 12.1 Å². The molecule has 1 aliphatic carbocycles. The van der Waals surface area contributed by atoms with Gasteiger partial charge in [-0.1, -0.05) is 12.1 Å². The summed E-state index contributed by atoms with van der Waals surface area (Å²) in [5.74, 6) is 0.994. The predicted molar refractivity (Wildman–Crippen MR) is 141 cm³/mol. The number of carbonyl (C=O) groups is 2. The smallest absolute Gasteiger partial charge is 0.308 e. The van der Waals surface area contributed by atoms with Gasteiger partial charge in [-0.3, -0.25) is 14.5 Å². The molecule has 1 amide bonds. The zero-order chi connectivity index (χ0) is 25.7. The summed E-state index contributed by atoms with van der Waals surface area (Å²) in [4.78, 5) is 28.8. The van der Waals surface area contributed by atoms with Crippen LogP contribution in [0, 0.1) is 12.8 Å². The number of anilines is 1. The second kappa shape index (κ2) is 11.9. The lowest BCUT2D eigenvalue weighted by Gasteiger charge is -2.32. The zero-order valence-corrected chi connectivity index (χ0v) is 22.0. The number of benzene rings is 2. The third-order valence-corrected chi connectivity index (χ3v) is 7.28. The van der Waals surface area contributed by atoms with Gasteiger partial charge in [0.2, 0.25) is 5.91 Å². The van der Waals surface area contributed by atoms with Gasteiger partial charge in [-0.25, -0.2) is 0 Å². The lowest BCUT2D eigenvalue weighted by molar-refractivity contribution is -0.131. The van der Waals surface area contributed by atoms with E-state index in [0.29, 0.717) is 17.5 Å². The topological polar surface area (TPSA) is 71.1 Å². The minimum absolute atomic E-state index is 0.00421. The standard InChI is InChI=1S/C29H39N3O4/c1-20-16-25(11-8-24(20)19-32-15-14-30-21(2)18-32)31(4)29(34)23-9-12-26(13-10-23)36-28-7-5-6-27(17-28)35-22(3)33/h5-8,11,16-17,21,23,26,30H,9-10,12-15,18-19H2,1-4H3/t21-,23?,26?/m0/s1. The molecular weight excluding hydrogens is 454 g/mol. The Hall–Kier alpha value is -2.90. The Balaban J connectivity index is 1.29. The first-order chi connectivity index (χ1) is 17.3. The molecule has 2 aromatic rings. The number of nitrogens with zero attached hydrogens (tertiary/aromatic N) is 2. The molecule has 1 saturated carbocycles. The Labute approximate surface area is 214 Å². The third-order valence-electron chi connectivity index (χ3n) is 7.28. The molecule has 2 fully saturated rings. The van der Waals surface area contributed by atoms with Crippen LogP contribution in [0.3, 0.4) is 0 Å². The first-order valence-corrected chi connectivity index (χ1v) is 13.1. The molecule has 1 saturated heterocycles. The van der Waals surface area contributed by atoms with E-state index in [2.05, 4.69) is 42.3 Å². The molecule has 0 bridgehead atoms. The van der Waals surface area contributed by atoms with Crippen molar-refractivity contribution >= 4 is 17.6 Å². The van der Waals surface area contributed by atoms with E-state index in [9.17, 15) is 9.59 Å². The Morgan fingerprint density at radius 2 is 1.83 bits per heavy atom. The largest absolute Gasteiger partial charge is 0.490 e. The number of aryl methyl sites for hydroxylation is 1. The number of hydrogen-bond donors (Lipinski definition) is 1. The first kappa shape index (κ1) is 26.2. The Kier molecular flexibility index (Phi) is 8.64. The number of carbonyl (C=O) groups excluding carboxylic acids is 2. The summed E-state index contributed by atoms with van der Waals surface area (Å²) in [5.41, 5.74) is 3.51. The van der Waals surface area contributed by atoms with E-state index in [1.165, 1.54) is 18.1 Å². The van der Waals surface area contributed by atoms with Gasteiger partial charge in [0.05, 0.1) is 6.10 Å². The molecular formula is C29H39N3O4. The molecule has 2 aliphatic rings. The zero-order valence-electron chi connectivity index (χ0n) is 22.0. The van der Waals surface area contributed by atoms with Crippen LogP contribution in [0.2, 0.25) is 0 Å². The van der Waals surface area contributed by atoms with Crippen LogP contribution in [0.25, 0.3) is 0 Å². The molecule has 36 heavy (non-hydrogen) atoms. The van der Waals surface area contributed by atoms with Gasteiger partial charge in [0.25, 0.3) is 0 Å². The Morgan fingerprint density at radius 3 is 2.53 bits per heavy atom. The molecule has 0 radical (unpaired) electrons. The molecule has 2 aromatic carbocycles. The van der Waals surface area contributed by atoms with Crippen LogP contribution in [-0.2, 0) is 16.1 Å². The van der Waals surface area contributed by atoms with Gasteiger partial charge < -0.3 is 19.7 Å². The van der Waals surface area contributed by atoms with Gasteiger partial charge in [-0.2, -0.15) is 0 Å². The maximum atomic E-state index is 13.3. The molecule has 1 N–H and O–H groups in total. The molecule has 0 spiro atoms. The van der Waals surface area contributed by atoms with Crippen molar-refractivity contribution in [3.05, 3.63) is 53.6 Å². The second-order valence-electron chi connectivity index (χ2n) is 10.3. The third kappa shape index (κ3) is 6.86. The predicted octanol–water partition coefficient (Wildman–Crippen LogP) is 4.31. The summed E-state index contributed by atoms with van der Waals surface area (Å²) >= 11 is 0. The summed E-state index contributed by atoms with van der Waals surface area (Å²) < 4.78 is 11.3. The van der Waals surface area contributed by atoms with Crippen LogP contribution < -0.4 is 19.7 Å². The van der Waals surface area contributed by atoms with Gasteiger partial charge in [0, 0.05) is 63.9 Å². The van der Waals surface area contributed by atoms with Gasteiger partial charge >= 0.3 is 5.97 Å². The fourth-order valence-corrected chi connectivity index (χ4v) is 5.26. The fraction of sp³-hybridized carbons (Fsp3) is 0.517. The Morgan fingerprint density at radius 1 is 1.08 bits per heavy atom. The second-order valence-corrected chi connectivity index (χ2v) is 10.3. The normalized spacial score (nSPS) is 22.6. The van der Waals surface area contributed by atoms with Gasteiger partial charge in [0.1, 0.15) is 11.5 Å². The minimum atomic E-state index is -0.352. The molecule has 0 unspecified atom stereocenters. The lowest BCUT2D eigenvalue weighted by atomic mass is 9.86. The summed E-state index contributed by atoms with van der Waals surface area (Å²) in [7, 11) is 1.89. The maximum Gasteiger partial charge on any atom is 0.308 e. The van der Waals surface area contributed by atoms with Gasteiger partial charge in [0.15, 0.2) is 0 Å². The van der Waals surface area contributed by atoms with Crippen molar-refractivity contribution < 1.29 is 19.1 Å². The van der Waals surface area contributed by atoms with Crippen molar-refractivity contribution in [2.75, 3.05) is 31.6 Å².